The molecule has 2 rings (SSSR count). The molecule has 2 N–H and O–H groups in total. The van der Waals surface area contributed by atoms with Crippen molar-refractivity contribution in [1.82, 2.24) is 4.31 Å². The van der Waals surface area contributed by atoms with E-state index < -0.39 is 16.0 Å². The van der Waals surface area contributed by atoms with Crippen molar-refractivity contribution < 1.29 is 17.9 Å². The molecule has 0 amide bonds. The third-order valence-electron chi connectivity index (χ3n) is 3.81. The van der Waals surface area contributed by atoms with Crippen LogP contribution in [0.3, 0.4) is 0 Å². The van der Waals surface area contributed by atoms with Gasteiger partial charge in [-0.2, -0.15) is 4.31 Å². The lowest BCUT2D eigenvalue weighted by atomic mass is 10.2. The summed E-state index contributed by atoms with van der Waals surface area (Å²) < 4.78 is 31.5. The molecule has 1 aromatic rings. The monoisotopic (exact) mass is 312 g/mol. The van der Waals surface area contributed by atoms with Gasteiger partial charge < -0.3 is 10.5 Å². The molecule has 1 atom stereocenters. The Kier molecular flexibility index (Phi) is 4.53. The van der Waals surface area contributed by atoms with Crippen molar-refractivity contribution in [2.24, 2.45) is 0 Å². The van der Waals surface area contributed by atoms with Gasteiger partial charge in [0, 0.05) is 12.6 Å². The second-order valence-electron chi connectivity index (χ2n) is 5.06. The minimum atomic E-state index is -3.62. The summed E-state index contributed by atoms with van der Waals surface area (Å²) in [6.45, 7) is 2.49. The molecule has 6 nitrogen and oxygen atoms in total. The maximum atomic E-state index is 12.7. The maximum absolute atomic E-state index is 12.7. The third-order valence-corrected chi connectivity index (χ3v) is 5.84. The predicted molar refractivity (Wildman–Crippen MR) is 79.4 cm³/mol. The van der Waals surface area contributed by atoms with Gasteiger partial charge in [-0.1, -0.05) is 6.92 Å². The highest BCUT2D eigenvalue weighted by atomic mass is 32.2. The van der Waals surface area contributed by atoms with E-state index in [9.17, 15) is 13.2 Å². The molecule has 0 spiro atoms. The number of esters is 1. The Morgan fingerprint density at radius 3 is 2.76 bits per heavy atom. The van der Waals surface area contributed by atoms with E-state index in [1.807, 2.05) is 6.92 Å². The van der Waals surface area contributed by atoms with Gasteiger partial charge in [0.25, 0.3) is 0 Å². The standard InChI is InChI=1S/C14H20N2O4S/c1-3-11-5-4-8-16(11)21(18,19)13-7-6-10(9-12(13)15)14(17)20-2/h6-7,9,11H,3-5,8,15H2,1-2H3. The first-order chi connectivity index (χ1) is 9.91. The fraction of sp³-hybridized carbons (Fsp3) is 0.500. The largest absolute Gasteiger partial charge is 0.465 e. The number of ether oxygens (including phenoxy) is 1. The summed E-state index contributed by atoms with van der Waals surface area (Å²) in [5.41, 5.74) is 6.15. The molecule has 1 aliphatic heterocycles. The van der Waals surface area contributed by atoms with Crippen molar-refractivity contribution in [3.8, 4) is 0 Å². The summed E-state index contributed by atoms with van der Waals surface area (Å²) in [4.78, 5) is 11.5. The smallest absolute Gasteiger partial charge is 0.337 e. The number of rotatable bonds is 4. The van der Waals surface area contributed by atoms with Crippen LogP contribution in [0, 0.1) is 0 Å². The molecule has 21 heavy (non-hydrogen) atoms. The van der Waals surface area contributed by atoms with Gasteiger partial charge in [-0.05, 0) is 37.5 Å². The molecule has 7 heteroatoms. The molecule has 0 aliphatic carbocycles. The van der Waals surface area contributed by atoms with E-state index in [1.54, 1.807) is 0 Å². The van der Waals surface area contributed by atoms with E-state index in [0.717, 1.165) is 19.3 Å². The van der Waals surface area contributed by atoms with Crippen molar-refractivity contribution in [2.75, 3.05) is 19.4 Å². The molecule has 116 valence electrons. The van der Waals surface area contributed by atoms with Crippen LogP contribution >= 0.6 is 0 Å². The van der Waals surface area contributed by atoms with Crippen LogP contribution in [0.25, 0.3) is 0 Å². The van der Waals surface area contributed by atoms with E-state index in [2.05, 4.69) is 4.74 Å². The van der Waals surface area contributed by atoms with Crippen LogP contribution in [-0.4, -0.2) is 38.4 Å². The Morgan fingerprint density at radius 1 is 1.48 bits per heavy atom. The van der Waals surface area contributed by atoms with Crippen molar-refractivity contribution in [1.29, 1.82) is 0 Å². The Balaban J connectivity index is 2.39. The molecule has 0 aromatic heterocycles. The van der Waals surface area contributed by atoms with E-state index in [1.165, 1.54) is 29.6 Å². The second-order valence-corrected chi connectivity index (χ2v) is 6.92. The normalized spacial score (nSPS) is 19.6. The lowest BCUT2D eigenvalue weighted by Crippen LogP contribution is -2.35. The number of carbonyl (C=O) groups is 1. The van der Waals surface area contributed by atoms with Gasteiger partial charge in [0.15, 0.2) is 0 Å². The number of benzene rings is 1. The van der Waals surface area contributed by atoms with E-state index in [-0.39, 0.29) is 22.2 Å². The average molecular weight is 312 g/mol. The number of methoxy groups -OCH3 is 1. The molecule has 0 bridgehead atoms. The number of nitrogen functional groups attached to an aromatic ring is 1. The minimum absolute atomic E-state index is 0.0229. The van der Waals surface area contributed by atoms with Crippen LogP contribution in [0.1, 0.15) is 36.5 Å². The predicted octanol–water partition coefficient (Wildman–Crippen LogP) is 1.62. The summed E-state index contributed by atoms with van der Waals surface area (Å²) in [6.07, 6.45) is 2.51. The zero-order valence-electron chi connectivity index (χ0n) is 12.2. The summed E-state index contributed by atoms with van der Waals surface area (Å²) in [7, 11) is -2.36. The highest BCUT2D eigenvalue weighted by Crippen LogP contribution is 2.30. The van der Waals surface area contributed by atoms with Crippen LogP contribution in [-0.2, 0) is 14.8 Å². The van der Waals surface area contributed by atoms with Crippen LogP contribution in [0.4, 0.5) is 5.69 Å². The van der Waals surface area contributed by atoms with Crippen molar-refractivity contribution in [3.63, 3.8) is 0 Å². The SMILES string of the molecule is CCC1CCCN1S(=O)(=O)c1ccc(C(=O)OC)cc1N. The van der Waals surface area contributed by atoms with Gasteiger partial charge in [0.05, 0.1) is 18.4 Å². The first-order valence-electron chi connectivity index (χ1n) is 6.91. The summed E-state index contributed by atoms with van der Waals surface area (Å²) in [5, 5.41) is 0. The Labute approximate surface area is 124 Å². The van der Waals surface area contributed by atoms with Crippen LogP contribution in [0.2, 0.25) is 0 Å². The van der Waals surface area contributed by atoms with Crippen LogP contribution < -0.4 is 5.73 Å². The number of anilines is 1. The van der Waals surface area contributed by atoms with Gasteiger partial charge in [0.2, 0.25) is 10.0 Å². The fourth-order valence-electron chi connectivity index (χ4n) is 2.69. The highest BCUT2D eigenvalue weighted by molar-refractivity contribution is 7.89. The van der Waals surface area contributed by atoms with Crippen molar-refractivity contribution in [3.05, 3.63) is 23.8 Å². The van der Waals surface area contributed by atoms with Crippen molar-refractivity contribution >= 4 is 21.7 Å². The van der Waals surface area contributed by atoms with Gasteiger partial charge >= 0.3 is 5.97 Å². The van der Waals surface area contributed by atoms with Crippen LogP contribution in [0.5, 0.6) is 0 Å². The molecule has 1 saturated heterocycles. The maximum Gasteiger partial charge on any atom is 0.337 e. The van der Waals surface area contributed by atoms with E-state index in [4.69, 9.17) is 5.73 Å². The molecule has 0 radical (unpaired) electrons. The number of nitrogens with two attached hydrogens (primary N) is 1. The molecule has 0 saturated carbocycles. The van der Waals surface area contributed by atoms with Gasteiger partial charge in [0.1, 0.15) is 4.90 Å². The summed E-state index contributed by atoms with van der Waals surface area (Å²) >= 11 is 0. The third kappa shape index (κ3) is 2.89. The number of carbonyl (C=O) groups excluding carboxylic acids is 1. The van der Waals surface area contributed by atoms with E-state index >= 15 is 0 Å². The second kappa shape index (κ2) is 6.03. The fourth-order valence-corrected chi connectivity index (χ4v) is 4.55. The van der Waals surface area contributed by atoms with Crippen LogP contribution in [0.15, 0.2) is 23.1 Å². The van der Waals surface area contributed by atoms with Gasteiger partial charge in [-0.3, -0.25) is 0 Å². The quantitative estimate of drug-likeness (QED) is 0.674. The Hall–Kier alpha value is -1.60. The first-order valence-corrected chi connectivity index (χ1v) is 8.35. The zero-order valence-corrected chi connectivity index (χ0v) is 13.0. The summed E-state index contributed by atoms with van der Waals surface area (Å²) in [5.74, 6) is -0.543. The lowest BCUT2D eigenvalue weighted by molar-refractivity contribution is 0.0600. The molecular weight excluding hydrogens is 292 g/mol. The summed E-state index contributed by atoms with van der Waals surface area (Å²) in [6, 6.07) is 4.17. The molecule has 1 unspecified atom stereocenters. The molecule has 1 fully saturated rings. The number of nitrogens with zero attached hydrogens (tertiary/aromatic N) is 1. The Bertz CT molecular complexity index is 642. The first kappa shape index (κ1) is 15.8. The molecule has 1 aliphatic rings. The highest BCUT2D eigenvalue weighted by Gasteiger charge is 2.35. The zero-order chi connectivity index (χ0) is 15.6. The van der Waals surface area contributed by atoms with Gasteiger partial charge in [-0.25, -0.2) is 13.2 Å². The molecular formula is C14H20N2O4S. The number of hydrogen-bond donors (Lipinski definition) is 1. The molecule has 1 heterocycles. The van der Waals surface area contributed by atoms with E-state index in [0.29, 0.717) is 6.54 Å². The number of sulfonamides is 1. The lowest BCUT2D eigenvalue weighted by Gasteiger charge is -2.23. The average Bonchev–Trinajstić information content (AvgIpc) is 2.95. The Morgan fingerprint density at radius 2 is 2.19 bits per heavy atom. The molecule has 1 aromatic carbocycles. The minimum Gasteiger partial charge on any atom is -0.465 e. The van der Waals surface area contributed by atoms with Crippen molar-refractivity contribution in [2.45, 2.75) is 37.1 Å². The number of hydrogen-bond acceptors (Lipinski definition) is 5. The topological polar surface area (TPSA) is 89.7 Å². The van der Waals surface area contributed by atoms with Gasteiger partial charge in [-0.15, -0.1) is 0 Å².